The summed E-state index contributed by atoms with van der Waals surface area (Å²) in [5, 5.41) is 19.3. The van der Waals surface area contributed by atoms with Gasteiger partial charge in [0.25, 0.3) is 0 Å². The highest BCUT2D eigenvalue weighted by Crippen LogP contribution is 2.46. The van der Waals surface area contributed by atoms with Crippen molar-refractivity contribution in [2.24, 2.45) is 0 Å². The van der Waals surface area contributed by atoms with E-state index >= 15 is 0 Å². The van der Waals surface area contributed by atoms with Crippen LogP contribution in [0.3, 0.4) is 0 Å². The summed E-state index contributed by atoms with van der Waals surface area (Å²) in [6.45, 7) is 4.03. The first-order valence-electron chi connectivity index (χ1n) is 5.98. The average molecular weight is 252 g/mol. The monoisotopic (exact) mass is 252 g/mol. The largest absolute Gasteiger partial charge is 0.479 e. The number of carboxylic acid groups (broad SMARTS) is 1. The Hall–Kier alpha value is -1.42. The van der Waals surface area contributed by atoms with Gasteiger partial charge in [-0.1, -0.05) is 38.1 Å². The van der Waals surface area contributed by atoms with Gasteiger partial charge < -0.3 is 10.2 Å². The molecule has 0 saturated carbocycles. The smallest absolute Gasteiger partial charge is 0.341 e. The van der Waals surface area contributed by atoms with Gasteiger partial charge in [-0.05, 0) is 29.4 Å². The number of aliphatic hydroxyl groups is 1. The summed E-state index contributed by atoms with van der Waals surface area (Å²) in [6.07, 6.45) is -1.63. The third-order valence-corrected chi connectivity index (χ3v) is 3.89. The Balaban J connectivity index is 2.58. The minimum absolute atomic E-state index is 0.116. The molecule has 0 saturated heterocycles. The SMILES string of the molecule is CC1(C)CCC(O)(C(F)C(=O)O)c2ccccc21. The van der Waals surface area contributed by atoms with E-state index in [1.54, 1.807) is 12.1 Å². The zero-order valence-electron chi connectivity index (χ0n) is 10.5. The molecule has 2 rings (SSSR count). The fourth-order valence-corrected chi connectivity index (χ4v) is 2.69. The van der Waals surface area contributed by atoms with Crippen molar-refractivity contribution < 1.29 is 19.4 Å². The number of hydrogen-bond donors (Lipinski definition) is 2. The molecule has 2 atom stereocenters. The van der Waals surface area contributed by atoms with Crippen molar-refractivity contribution >= 4 is 5.97 Å². The lowest BCUT2D eigenvalue weighted by Crippen LogP contribution is -2.47. The van der Waals surface area contributed by atoms with Crippen molar-refractivity contribution in [1.29, 1.82) is 0 Å². The van der Waals surface area contributed by atoms with Gasteiger partial charge in [-0.2, -0.15) is 0 Å². The van der Waals surface area contributed by atoms with E-state index in [1.165, 1.54) is 0 Å². The quantitative estimate of drug-likeness (QED) is 0.849. The van der Waals surface area contributed by atoms with Gasteiger partial charge in [0.15, 0.2) is 0 Å². The van der Waals surface area contributed by atoms with Crippen LogP contribution >= 0.6 is 0 Å². The van der Waals surface area contributed by atoms with E-state index in [2.05, 4.69) is 0 Å². The van der Waals surface area contributed by atoms with Crippen LogP contribution in [0.25, 0.3) is 0 Å². The summed E-state index contributed by atoms with van der Waals surface area (Å²) in [5.41, 5.74) is -0.877. The molecule has 0 radical (unpaired) electrons. The molecule has 2 unspecified atom stereocenters. The molecule has 0 fully saturated rings. The highest BCUT2D eigenvalue weighted by Gasteiger charge is 2.49. The number of rotatable bonds is 2. The number of fused-ring (bicyclic) bond motifs is 1. The van der Waals surface area contributed by atoms with Gasteiger partial charge in [0, 0.05) is 0 Å². The summed E-state index contributed by atoms with van der Waals surface area (Å²) >= 11 is 0. The minimum atomic E-state index is -2.30. The lowest BCUT2D eigenvalue weighted by atomic mass is 9.65. The molecule has 0 amide bonds. The van der Waals surface area contributed by atoms with Gasteiger partial charge >= 0.3 is 5.97 Å². The van der Waals surface area contributed by atoms with Crippen LogP contribution in [0.2, 0.25) is 0 Å². The molecular formula is C14H17FO3. The molecule has 0 bridgehead atoms. The summed E-state index contributed by atoms with van der Waals surface area (Å²) in [4.78, 5) is 10.8. The highest BCUT2D eigenvalue weighted by molar-refractivity contribution is 5.74. The minimum Gasteiger partial charge on any atom is -0.479 e. The molecule has 0 aliphatic heterocycles. The average Bonchev–Trinajstić information content (AvgIpc) is 2.34. The van der Waals surface area contributed by atoms with E-state index < -0.39 is 17.7 Å². The summed E-state index contributed by atoms with van der Waals surface area (Å²) in [7, 11) is 0. The first-order chi connectivity index (χ1) is 8.29. The maximum atomic E-state index is 13.9. The summed E-state index contributed by atoms with van der Waals surface area (Å²) in [5.74, 6) is -1.62. The highest BCUT2D eigenvalue weighted by atomic mass is 19.1. The Labute approximate surface area is 105 Å². The Bertz CT molecular complexity index is 484. The molecule has 4 heteroatoms. The van der Waals surface area contributed by atoms with Crippen molar-refractivity contribution in [3.8, 4) is 0 Å². The van der Waals surface area contributed by atoms with E-state index in [4.69, 9.17) is 5.11 Å². The molecule has 2 N–H and O–H groups in total. The van der Waals surface area contributed by atoms with Crippen LogP contribution in [0, 0.1) is 0 Å². The Morgan fingerprint density at radius 2 is 1.83 bits per heavy atom. The second-order valence-electron chi connectivity index (χ2n) is 5.55. The van der Waals surface area contributed by atoms with Crippen molar-refractivity contribution in [3.63, 3.8) is 0 Å². The lowest BCUT2D eigenvalue weighted by Gasteiger charge is -2.42. The van der Waals surface area contributed by atoms with Crippen molar-refractivity contribution in [2.45, 2.75) is 43.9 Å². The van der Waals surface area contributed by atoms with Gasteiger partial charge in [0.05, 0.1) is 0 Å². The third kappa shape index (κ3) is 1.81. The Kier molecular flexibility index (Phi) is 2.93. The molecule has 1 aliphatic rings. The summed E-state index contributed by atoms with van der Waals surface area (Å²) < 4.78 is 13.9. The van der Waals surface area contributed by atoms with Crippen LogP contribution in [-0.2, 0) is 15.8 Å². The van der Waals surface area contributed by atoms with Gasteiger partial charge in [0.2, 0.25) is 6.17 Å². The van der Waals surface area contributed by atoms with Gasteiger partial charge in [-0.15, -0.1) is 0 Å². The van der Waals surface area contributed by atoms with Gasteiger partial charge in [-0.3, -0.25) is 0 Å². The third-order valence-electron chi connectivity index (χ3n) is 3.89. The van der Waals surface area contributed by atoms with Crippen LogP contribution in [0.5, 0.6) is 0 Å². The first kappa shape index (κ1) is 13.0. The molecule has 0 aromatic heterocycles. The molecule has 1 aromatic rings. The van der Waals surface area contributed by atoms with Crippen molar-refractivity contribution in [1.82, 2.24) is 0 Å². The van der Waals surface area contributed by atoms with Crippen molar-refractivity contribution in [2.75, 3.05) is 0 Å². The summed E-state index contributed by atoms with van der Waals surface area (Å²) in [6, 6.07) is 6.96. The molecule has 0 heterocycles. The van der Waals surface area contributed by atoms with Crippen LogP contribution in [-0.4, -0.2) is 22.4 Å². The van der Waals surface area contributed by atoms with Gasteiger partial charge in [-0.25, -0.2) is 9.18 Å². The molecule has 1 aromatic carbocycles. The van der Waals surface area contributed by atoms with E-state index in [0.29, 0.717) is 12.0 Å². The number of halogens is 1. The number of carbonyl (C=O) groups is 1. The number of carboxylic acids is 1. The van der Waals surface area contributed by atoms with E-state index in [0.717, 1.165) is 5.56 Å². The molecule has 0 spiro atoms. The first-order valence-corrected chi connectivity index (χ1v) is 5.98. The predicted octanol–water partition coefficient (Wildman–Crippen LogP) is 2.37. The number of alkyl halides is 1. The zero-order valence-corrected chi connectivity index (χ0v) is 10.5. The molecule has 18 heavy (non-hydrogen) atoms. The second kappa shape index (κ2) is 4.05. The maximum Gasteiger partial charge on any atom is 0.341 e. The molecule has 98 valence electrons. The van der Waals surface area contributed by atoms with Crippen LogP contribution < -0.4 is 0 Å². The van der Waals surface area contributed by atoms with Crippen LogP contribution in [0.4, 0.5) is 4.39 Å². The zero-order chi connectivity index (χ0) is 13.6. The topological polar surface area (TPSA) is 57.5 Å². The number of hydrogen-bond acceptors (Lipinski definition) is 2. The standard InChI is InChI=1S/C14H17FO3/c1-13(2)7-8-14(18,11(15)12(16)17)10-6-4-3-5-9(10)13/h3-6,11,18H,7-8H2,1-2H3,(H,16,17). The van der Waals surface area contributed by atoms with Crippen LogP contribution in [0.15, 0.2) is 24.3 Å². The fraction of sp³-hybridized carbons (Fsp3) is 0.500. The second-order valence-corrected chi connectivity index (χ2v) is 5.55. The lowest BCUT2D eigenvalue weighted by molar-refractivity contribution is -0.157. The van der Waals surface area contributed by atoms with Crippen molar-refractivity contribution in [3.05, 3.63) is 35.4 Å². The fourth-order valence-electron chi connectivity index (χ4n) is 2.69. The maximum absolute atomic E-state index is 13.9. The Morgan fingerprint density at radius 3 is 2.39 bits per heavy atom. The molecular weight excluding hydrogens is 235 g/mol. The number of aliphatic carboxylic acids is 1. The molecule has 3 nitrogen and oxygen atoms in total. The molecule has 1 aliphatic carbocycles. The van der Waals surface area contributed by atoms with Gasteiger partial charge in [0.1, 0.15) is 5.60 Å². The van der Waals surface area contributed by atoms with E-state index in [1.807, 2.05) is 26.0 Å². The number of benzene rings is 1. The van der Waals surface area contributed by atoms with E-state index in [9.17, 15) is 14.3 Å². The van der Waals surface area contributed by atoms with E-state index in [-0.39, 0.29) is 11.8 Å². The Morgan fingerprint density at radius 1 is 1.28 bits per heavy atom. The predicted molar refractivity (Wildman–Crippen MR) is 65.1 cm³/mol. The van der Waals surface area contributed by atoms with Crippen LogP contribution in [0.1, 0.15) is 37.8 Å². The normalized spacial score (nSPS) is 27.3.